The zero-order chi connectivity index (χ0) is 18.5. The van der Waals surface area contributed by atoms with Crippen molar-refractivity contribution in [2.45, 2.75) is 20.8 Å². The van der Waals surface area contributed by atoms with Gasteiger partial charge < -0.3 is 14.0 Å². The summed E-state index contributed by atoms with van der Waals surface area (Å²) >= 11 is 0. The van der Waals surface area contributed by atoms with Gasteiger partial charge in [0.1, 0.15) is 12.3 Å². The third-order valence-electron chi connectivity index (χ3n) is 4.63. The van der Waals surface area contributed by atoms with E-state index in [2.05, 4.69) is 23.7 Å². The highest BCUT2D eigenvalue weighted by molar-refractivity contribution is 5.90. The molecule has 5 nitrogen and oxygen atoms in total. The van der Waals surface area contributed by atoms with Crippen LogP contribution in [0.1, 0.15) is 29.8 Å². The van der Waals surface area contributed by atoms with Gasteiger partial charge in [-0.25, -0.2) is 9.78 Å². The van der Waals surface area contributed by atoms with Gasteiger partial charge in [0, 0.05) is 24.5 Å². The minimum absolute atomic E-state index is 0.283. The molecule has 0 N–H and O–H groups in total. The van der Waals surface area contributed by atoms with E-state index in [0.29, 0.717) is 12.2 Å². The summed E-state index contributed by atoms with van der Waals surface area (Å²) < 4.78 is 7.39. The Kier molecular flexibility index (Phi) is 5.68. The monoisotopic (exact) mass is 351 g/mol. The first-order valence-corrected chi connectivity index (χ1v) is 9.06. The van der Waals surface area contributed by atoms with Crippen molar-refractivity contribution >= 4 is 11.6 Å². The van der Waals surface area contributed by atoms with Gasteiger partial charge in [0.2, 0.25) is 0 Å². The standard InChI is InChI=1S/C21H25N3O2/c1-4-23(5-2)13-14-26-21(25)18-10-8-17(9-11-18)19-15-24-12-6-7-16(3)20(24)22-19/h6-12,15H,4-5,13-14H2,1-3H3. The molecule has 0 fully saturated rings. The van der Waals surface area contributed by atoms with Gasteiger partial charge in [0.15, 0.2) is 0 Å². The van der Waals surface area contributed by atoms with Gasteiger partial charge in [-0.2, -0.15) is 0 Å². The maximum Gasteiger partial charge on any atom is 0.338 e. The first-order valence-electron chi connectivity index (χ1n) is 9.06. The Hall–Kier alpha value is -2.66. The number of aromatic nitrogens is 2. The van der Waals surface area contributed by atoms with Crippen LogP contribution >= 0.6 is 0 Å². The summed E-state index contributed by atoms with van der Waals surface area (Å²) in [5.74, 6) is -0.283. The summed E-state index contributed by atoms with van der Waals surface area (Å²) in [5.41, 5.74) is 4.51. The van der Waals surface area contributed by atoms with Crippen molar-refractivity contribution in [3.05, 3.63) is 59.9 Å². The van der Waals surface area contributed by atoms with Gasteiger partial charge in [0.05, 0.1) is 11.3 Å². The molecule has 2 heterocycles. The second-order valence-electron chi connectivity index (χ2n) is 6.29. The molecule has 0 atom stereocenters. The normalized spacial score (nSPS) is 11.2. The van der Waals surface area contributed by atoms with Gasteiger partial charge in [0.25, 0.3) is 0 Å². The number of ether oxygens (including phenoxy) is 1. The largest absolute Gasteiger partial charge is 0.461 e. The molecular formula is C21H25N3O2. The second-order valence-corrected chi connectivity index (χ2v) is 6.29. The lowest BCUT2D eigenvalue weighted by Crippen LogP contribution is -2.27. The lowest BCUT2D eigenvalue weighted by Gasteiger charge is -2.17. The highest BCUT2D eigenvalue weighted by atomic mass is 16.5. The lowest BCUT2D eigenvalue weighted by atomic mass is 10.1. The number of nitrogens with zero attached hydrogens (tertiary/aromatic N) is 3. The maximum atomic E-state index is 12.2. The van der Waals surface area contributed by atoms with Crippen molar-refractivity contribution in [3.8, 4) is 11.3 Å². The van der Waals surface area contributed by atoms with E-state index in [-0.39, 0.29) is 5.97 Å². The first kappa shape index (κ1) is 18.1. The van der Waals surface area contributed by atoms with Crippen LogP contribution in [0.4, 0.5) is 0 Å². The van der Waals surface area contributed by atoms with Gasteiger partial charge in [-0.1, -0.05) is 32.0 Å². The molecule has 3 rings (SSSR count). The Labute approximate surface area is 154 Å². The van der Waals surface area contributed by atoms with Crippen molar-refractivity contribution in [1.82, 2.24) is 14.3 Å². The highest BCUT2D eigenvalue weighted by Crippen LogP contribution is 2.21. The minimum Gasteiger partial charge on any atom is -0.461 e. The van der Waals surface area contributed by atoms with Crippen LogP contribution in [-0.2, 0) is 4.74 Å². The molecule has 5 heteroatoms. The number of rotatable bonds is 7. The van der Waals surface area contributed by atoms with Crippen molar-refractivity contribution in [2.75, 3.05) is 26.2 Å². The van der Waals surface area contributed by atoms with Gasteiger partial charge in [-0.3, -0.25) is 0 Å². The number of esters is 1. The van der Waals surface area contributed by atoms with E-state index in [1.54, 1.807) is 12.1 Å². The number of benzene rings is 1. The summed E-state index contributed by atoms with van der Waals surface area (Å²) in [4.78, 5) is 19.1. The summed E-state index contributed by atoms with van der Waals surface area (Å²) in [6.07, 6.45) is 3.99. The fraction of sp³-hybridized carbons (Fsp3) is 0.333. The van der Waals surface area contributed by atoms with Crippen LogP contribution in [0.5, 0.6) is 0 Å². The predicted molar refractivity (Wildman–Crippen MR) is 103 cm³/mol. The third kappa shape index (κ3) is 3.94. The lowest BCUT2D eigenvalue weighted by molar-refractivity contribution is 0.0466. The summed E-state index contributed by atoms with van der Waals surface area (Å²) in [5, 5.41) is 0. The van der Waals surface area contributed by atoms with E-state index in [0.717, 1.165) is 42.1 Å². The van der Waals surface area contributed by atoms with E-state index >= 15 is 0 Å². The fourth-order valence-corrected chi connectivity index (χ4v) is 2.96. The molecule has 0 unspecified atom stereocenters. The molecule has 1 aromatic carbocycles. The van der Waals surface area contributed by atoms with E-state index in [1.807, 2.05) is 48.0 Å². The molecular weight excluding hydrogens is 326 g/mol. The Morgan fingerprint density at radius 2 is 1.88 bits per heavy atom. The van der Waals surface area contributed by atoms with Crippen LogP contribution in [0, 0.1) is 6.92 Å². The Morgan fingerprint density at radius 1 is 1.15 bits per heavy atom. The number of fused-ring (bicyclic) bond motifs is 1. The topological polar surface area (TPSA) is 46.8 Å². The zero-order valence-electron chi connectivity index (χ0n) is 15.6. The van der Waals surface area contributed by atoms with Crippen LogP contribution in [0.2, 0.25) is 0 Å². The molecule has 0 saturated heterocycles. The maximum absolute atomic E-state index is 12.2. The van der Waals surface area contributed by atoms with Gasteiger partial charge >= 0.3 is 5.97 Å². The number of hydrogen-bond donors (Lipinski definition) is 0. The van der Waals surface area contributed by atoms with Crippen LogP contribution in [-0.4, -0.2) is 46.5 Å². The zero-order valence-corrected chi connectivity index (χ0v) is 15.6. The quantitative estimate of drug-likeness (QED) is 0.607. The predicted octanol–water partition coefficient (Wildman–Crippen LogP) is 3.81. The van der Waals surface area contributed by atoms with Crippen LogP contribution < -0.4 is 0 Å². The molecule has 2 aromatic heterocycles. The molecule has 0 saturated carbocycles. The minimum atomic E-state index is -0.283. The fourth-order valence-electron chi connectivity index (χ4n) is 2.96. The Bertz CT molecular complexity index is 880. The number of imidazole rings is 1. The first-order chi connectivity index (χ1) is 12.6. The van der Waals surface area contributed by atoms with E-state index in [1.165, 1.54) is 0 Å². The van der Waals surface area contributed by atoms with E-state index < -0.39 is 0 Å². The van der Waals surface area contributed by atoms with Gasteiger partial charge in [-0.05, 0) is 43.8 Å². The number of pyridine rings is 1. The van der Waals surface area contributed by atoms with Crippen molar-refractivity contribution < 1.29 is 9.53 Å². The van der Waals surface area contributed by atoms with Crippen LogP contribution in [0.15, 0.2) is 48.8 Å². The SMILES string of the molecule is CCN(CC)CCOC(=O)c1ccc(-c2cn3cccc(C)c3n2)cc1. The molecule has 3 aromatic rings. The Balaban J connectivity index is 1.67. The van der Waals surface area contributed by atoms with Crippen molar-refractivity contribution in [1.29, 1.82) is 0 Å². The number of aryl methyl sites for hydroxylation is 1. The smallest absolute Gasteiger partial charge is 0.338 e. The van der Waals surface area contributed by atoms with E-state index in [9.17, 15) is 4.79 Å². The molecule has 26 heavy (non-hydrogen) atoms. The van der Waals surface area contributed by atoms with Crippen LogP contribution in [0.3, 0.4) is 0 Å². The average molecular weight is 351 g/mol. The molecule has 0 aliphatic heterocycles. The summed E-state index contributed by atoms with van der Waals surface area (Å²) in [6.45, 7) is 9.34. The summed E-state index contributed by atoms with van der Waals surface area (Å²) in [6, 6.07) is 11.5. The second kappa shape index (κ2) is 8.15. The average Bonchev–Trinajstić information content (AvgIpc) is 3.11. The summed E-state index contributed by atoms with van der Waals surface area (Å²) in [7, 11) is 0. The molecule has 0 radical (unpaired) electrons. The van der Waals surface area contributed by atoms with Crippen molar-refractivity contribution in [2.24, 2.45) is 0 Å². The molecule has 0 amide bonds. The van der Waals surface area contributed by atoms with Gasteiger partial charge in [-0.15, -0.1) is 0 Å². The molecule has 0 bridgehead atoms. The number of carbonyl (C=O) groups is 1. The number of carbonyl (C=O) groups excluding carboxylic acids is 1. The van der Waals surface area contributed by atoms with Crippen molar-refractivity contribution in [3.63, 3.8) is 0 Å². The highest BCUT2D eigenvalue weighted by Gasteiger charge is 2.10. The molecule has 0 spiro atoms. The molecule has 136 valence electrons. The Morgan fingerprint density at radius 3 is 2.54 bits per heavy atom. The van der Waals surface area contributed by atoms with E-state index in [4.69, 9.17) is 4.74 Å². The molecule has 0 aliphatic rings. The number of likely N-dealkylation sites (N-methyl/N-ethyl adjacent to an activating group) is 1. The van der Waals surface area contributed by atoms with Crippen LogP contribution in [0.25, 0.3) is 16.9 Å². The molecule has 0 aliphatic carbocycles. The third-order valence-corrected chi connectivity index (χ3v) is 4.63. The number of hydrogen-bond acceptors (Lipinski definition) is 4.